The predicted octanol–water partition coefficient (Wildman–Crippen LogP) is 1.63. The minimum atomic E-state index is -0.479. The third-order valence-electron chi connectivity index (χ3n) is 4.05. The lowest BCUT2D eigenvalue weighted by Crippen LogP contribution is -3.12. The molecule has 1 aliphatic rings. The quantitative estimate of drug-likeness (QED) is 0.905. The van der Waals surface area contributed by atoms with Crippen LogP contribution in [-0.4, -0.2) is 39.3 Å². The van der Waals surface area contributed by atoms with E-state index in [9.17, 15) is 4.79 Å². The van der Waals surface area contributed by atoms with E-state index in [1.807, 2.05) is 42.5 Å². The molecule has 5 nitrogen and oxygen atoms in total. The van der Waals surface area contributed by atoms with E-state index in [1.54, 1.807) is 17.0 Å². The molecular weight excluding hydrogens is 290 g/mol. The van der Waals surface area contributed by atoms with Crippen LogP contribution < -0.4 is 19.9 Å². The molecule has 2 N–H and O–H groups in total. The molecule has 2 aromatic carbocycles. The van der Waals surface area contributed by atoms with Gasteiger partial charge >= 0.3 is 6.09 Å². The highest BCUT2D eigenvalue weighted by Crippen LogP contribution is 2.18. The van der Waals surface area contributed by atoms with Gasteiger partial charge in [-0.25, -0.2) is 4.79 Å². The number of hydrogen-bond acceptors (Lipinski definition) is 3. The summed E-state index contributed by atoms with van der Waals surface area (Å²) in [5.41, 5.74) is 1.92. The van der Waals surface area contributed by atoms with Gasteiger partial charge in [0.05, 0.1) is 33.2 Å². The third-order valence-corrected chi connectivity index (χ3v) is 4.05. The van der Waals surface area contributed by atoms with Gasteiger partial charge in [-0.05, 0) is 36.4 Å². The topological polar surface area (TPSA) is 46.0 Å². The Bertz CT molecular complexity index is 635. The lowest BCUT2D eigenvalue weighted by atomic mass is 10.2. The Kier molecular flexibility index (Phi) is 4.78. The summed E-state index contributed by atoms with van der Waals surface area (Å²) < 4.78 is 5.21. The molecule has 1 aliphatic heterocycles. The smallest absolute Gasteiger partial charge is 0.410 e. The number of hydrogen-bond donors (Lipinski definition) is 2. The Labute approximate surface area is 136 Å². The fourth-order valence-electron chi connectivity index (χ4n) is 2.64. The van der Waals surface area contributed by atoms with Crippen molar-refractivity contribution in [2.75, 3.05) is 43.4 Å². The van der Waals surface area contributed by atoms with E-state index in [-0.39, 0.29) is 0 Å². The van der Waals surface area contributed by atoms with Crippen molar-refractivity contribution in [3.8, 4) is 5.75 Å². The molecule has 23 heavy (non-hydrogen) atoms. The predicted molar refractivity (Wildman–Crippen MR) is 91.4 cm³/mol. The molecule has 1 heterocycles. The first kappa shape index (κ1) is 15.4. The van der Waals surface area contributed by atoms with Crippen LogP contribution in [0.25, 0.3) is 0 Å². The summed E-state index contributed by atoms with van der Waals surface area (Å²) in [6.07, 6.45) is -0.479. The molecule has 0 aliphatic carbocycles. The van der Waals surface area contributed by atoms with Gasteiger partial charge in [-0.1, -0.05) is 18.2 Å². The second-order valence-electron chi connectivity index (χ2n) is 5.82. The minimum absolute atomic E-state index is 0.479. The number of carbonyl (C=O) groups excluding carboxylic acids is 1. The van der Waals surface area contributed by atoms with Crippen LogP contribution in [0.1, 0.15) is 0 Å². The highest BCUT2D eigenvalue weighted by Gasteiger charge is 2.16. The summed E-state index contributed by atoms with van der Waals surface area (Å²) in [7, 11) is 2.22. The van der Waals surface area contributed by atoms with Crippen molar-refractivity contribution in [1.82, 2.24) is 0 Å². The fourth-order valence-corrected chi connectivity index (χ4v) is 2.64. The number of benzene rings is 2. The number of amides is 1. The number of ether oxygens (including phenoxy) is 1. The number of carbonyl (C=O) groups is 1. The summed E-state index contributed by atoms with van der Waals surface area (Å²) in [6, 6.07) is 16.9. The fraction of sp³-hybridized carbons (Fsp3) is 0.278. The summed E-state index contributed by atoms with van der Waals surface area (Å²) in [4.78, 5) is 15.8. The standard InChI is InChI=1S/C18H21N3O2/c1-20-11-13-21(14-12-20)16-9-7-15(8-10-16)19-18(22)23-17-5-3-2-4-6-17/h2-10H,11-14H2,1H3,(H,19,22)/p+1. The van der Waals surface area contributed by atoms with Gasteiger partial charge in [0.25, 0.3) is 0 Å². The van der Waals surface area contributed by atoms with E-state index in [2.05, 4.69) is 17.3 Å². The van der Waals surface area contributed by atoms with Gasteiger partial charge in [0.15, 0.2) is 0 Å². The summed E-state index contributed by atoms with van der Waals surface area (Å²) in [6.45, 7) is 4.44. The molecule has 0 aromatic heterocycles. The number of nitrogens with zero attached hydrogens (tertiary/aromatic N) is 1. The number of piperazine rings is 1. The van der Waals surface area contributed by atoms with Crippen LogP contribution in [0.5, 0.6) is 5.75 Å². The summed E-state index contributed by atoms with van der Waals surface area (Å²) in [5.74, 6) is 0.529. The molecule has 0 saturated carbocycles. The van der Waals surface area contributed by atoms with Crippen molar-refractivity contribution in [3.63, 3.8) is 0 Å². The van der Waals surface area contributed by atoms with Gasteiger partial charge in [0.1, 0.15) is 5.75 Å². The van der Waals surface area contributed by atoms with Gasteiger partial charge in [-0.15, -0.1) is 0 Å². The second-order valence-corrected chi connectivity index (χ2v) is 5.82. The second kappa shape index (κ2) is 7.15. The molecule has 0 radical (unpaired) electrons. The average molecular weight is 312 g/mol. The molecule has 0 unspecified atom stereocenters. The summed E-state index contributed by atoms with van der Waals surface area (Å²) in [5, 5.41) is 2.74. The highest BCUT2D eigenvalue weighted by molar-refractivity contribution is 5.86. The minimum Gasteiger partial charge on any atom is -0.410 e. The first-order valence-corrected chi connectivity index (χ1v) is 7.91. The molecule has 2 aromatic rings. The number of anilines is 2. The molecule has 0 bridgehead atoms. The van der Waals surface area contributed by atoms with Crippen LogP contribution in [0.2, 0.25) is 0 Å². The third kappa shape index (κ3) is 4.23. The molecule has 3 rings (SSSR count). The van der Waals surface area contributed by atoms with Crippen molar-refractivity contribution in [2.24, 2.45) is 0 Å². The highest BCUT2D eigenvalue weighted by atomic mass is 16.6. The molecule has 120 valence electrons. The maximum Gasteiger partial charge on any atom is 0.417 e. The summed E-state index contributed by atoms with van der Waals surface area (Å²) >= 11 is 0. The van der Waals surface area contributed by atoms with Crippen molar-refractivity contribution < 1.29 is 14.4 Å². The van der Waals surface area contributed by atoms with Gasteiger partial charge in [-0.3, -0.25) is 5.32 Å². The zero-order valence-corrected chi connectivity index (χ0v) is 13.3. The van der Waals surface area contributed by atoms with Crippen molar-refractivity contribution in [1.29, 1.82) is 0 Å². The Morgan fingerprint density at radius 1 is 1.04 bits per heavy atom. The Balaban J connectivity index is 1.56. The Hall–Kier alpha value is -2.53. The normalized spacial score (nSPS) is 15.3. The van der Waals surface area contributed by atoms with Crippen molar-refractivity contribution >= 4 is 17.5 Å². The van der Waals surface area contributed by atoms with Crippen LogP contribution in [0.3, 0.4) is 0 Å². The molecule has 0 spiro atoms. The molecule has 1 amide bonds. The van der Waals surface area contributed by atoms with E-state index in [1.165, 1.54) is 5.69 Å². The van der Waals surface area contributed by atoms with E-state index in [0.717, 1.165) is 31.9 Å². The molecule has 0 atom stereocenters. The van der Waals surface area contributed by atoms with Crippen molar-refractivity contribution in [3.05, 3.63) is 54.6 Å². The van der Waals surface area contributed by atoms with Crippen LogP contribution in [0.15, 0.2) is 54.6 Å². The van der Waals surface area contributed by atoms with Crippen LogP contribution in [-0.2, 0) is 0 Å². The molecule has 5 heteroatoms. The molecule has 1 saturated heterocycles. The maximum absolute atomic E-state index is 11.9. The lowest BCUT2D eigenvalue weighted by Gasteiger charge is -2.31. The van der Waals surface area contributed by atoms with Crippen molar-refractivity contribution in [2.45, 2.75) is 0 Å². The van der Waals surface area contributed by atoms with Crippen LogP contribution in [0, 0.1) is 0 Å². The Morgan fingerprint density at radius 2 is 1.70 bits per heavy atom. The number of para-hydroxylation sites is 1. The lowest BCUT2D eigenvalue weighted by molar-refractivity contribution is -0.880. The molecular formula is C18H22N3O2+. The monoisotopic (exact) mass is 312 g/mol. The largest absolute Gasteiger partial charge is 0.417 e. The Morgan fingerprint density at radius 3 is 2.35 bits per heavy atom. The zero-order valence-electron chi connectivity index (χ0n) is 13.3. The first-order valence-electron chi connectivity index (χ1n) is 7.91. The number of likely N-dealkylation sites (N-methyl/N-ethyl adjacent to an activating group) is 1. The zero-order chi connectivity index (χ0) is 16.1. The SMILES string of the molecule is C[NH+]1CCN(c2ccc(NC(=O)Oc3ccccc3)cc2)CC1. The van der Waals surface area contributed by atoms with Gasteiger partial charge in [-0.2, -0.15) is 0 Å². The van der Waals surface area contributed by atoms with Crippen LogP contribution >= 0.6 is 0 Å². The first-order chi connectivity index (χ1) is 11.2. The van der Waals surface area contributed by atoms with Gasteiger partial charge < -0.3 is 14.5 Å². The van der Waals surface area contributed by atoms with Crippen LogP contribution in [0.4, 0.5) is 16.2 Å². The van der Waals surface area contributed by atoms with Gasteiger partial charge in [0, 0.05) is 11.4 Å². The number of rotatable bonds is 3. The maximum atomic E-state index is 11.9. The van der Waals surface area contributed by atoms with E-state index < -0.39 is 6.09 Å². The van der Waals surface area contributed by atoms with E-state index in [0.29, 0.717) is 5.75 Å². The van der Waals surface area contributed by atoms with Gasteiger partial charge in [0.2, 0.25) is 0 Å². The number of quaternary nitrogens is 1. The number of nitrogens with one attached hydrogen (secondary N) is 2. The molecule has 1 fully saturated rings. The van der Waals surface area contributed by atoms with E-state index >= 15 is 0 Å². The average Bonchev–Trinajstić information content (AvgIpc) is 2.57. The van der Waals surface area contributed by atoms with E-state index in [4.69, 9.17) is 4.74 Å².